The maximum Gasteiger partial charge on any atom is 0.299 e. The van der Waals surface area contributed by atoms with Crippen molar-refractivity contribution in [2.75, 3.05) is 31.8 Å². The van der Waals surface area contributed by atoms with Crippen molar-refractivity contribution < 1.29 is 19.1 Å². The quantitative estimate of drug-likeness (QED) is 0.582. The number of benzene rings is 1. The monoisotopic (exact) mass is 249 g/mol. The Balaban J connectivity index is 2.27. The van der Waals surface area contributed by atoms with Crippen LogP contribution in [0.2, 0.25) is 0 Å². The molecular weight excluding hydrogens is 234 g/mol. The lowest BCUT2D eigenvalue weighted by molar-refractivity contribution is -0.114. The first-order chi connectivity index (χ1) is 8.69. The summed E-state index contributed by atoms with van der Waals surface area (Å²) >= 11 is 0. The van der Waals surface area contributed by atoms with E-state index in [1.807, 2.05) is 6.92 Å². The summed E-state index contributed by atoms with van der Waals surface area (Å²) in [7, 11) is 1.55. The molecule has 1 aliphatic heterocycles. The average Bonchev–Trinajstić information content (AvgIpc) is 2.63. The number of hydrogen-bond donors (Lipinski definition) is 0. The molecule has 18 heavy (non-hydrogen) atoms. The van der Waals surface area contributed by atoms with Gasteiger partial charge in [-0.3, -0.25) is 9.59 Å². The van der Waals surface area contributed by atoms with E-state index < -0.39 is 11.7 Å². The SMILES string of the molecule is CCOCCN1C(=O)C(=O)c2ccc(OC)cc21. The second-order valence-corrected chi connectivity index (χ2v) is 3.87. The highest BCUT2D eigenvalue weighted by Gasteiger charge is 2.35. The molecule has 0 bridgehead atoms. The van der Waals surface area contributed by atoms with Crippen LogP contribution in [0.5, 0.6) is 5.75 Å². The Kier molecular flexibility index (Phi) is 3.62. The standard InChI is InChI=1S/C13H15NO4/c1-3-18-7-6-14-11-8-9(17-2)4-5-10(11)12(15)13(14)16/h4-5,8H,3,6-7H2,1-2H3. The first kappa shape index (κ1) is 12.6. The second-order valence-electron chi connectivity index (χ2n) is 3.87. The van der Waals surface area contributed by atoms with Gasteiger partial charge in [0, 0.05) is 19.2 Å². The van der Waals surface area contributed by atoms with Crippen molar-refractivity contribution in [1.29, 1.82) is 0 Å². The summed E-state index contributed by atoms with van der Waals surface area (Å²) < 4.78 is 10.3. The summed E-state index contributed by atoms with van der Waals surface area (Å²) in [5, 5.41) is 0. The molecule has 5 nitrogen and oxygen atoms in total. The molecule has 0 radical (unpaired) electrons. The number of carbonyl (C=O) groups is 2. The van der Waals surface area contributed by atoms with Crippen LogP contribution in [-0.4, -0.2) is 38.6 Å². The van der Waals surface area contributed by atoms with Crippen LogP contribution in [-0.2, 0) is 9.53 Å². The number of ketones is 1. The molecule has 2 rings (SSSR count). The molecule has 0 N–H and O–H groups in total. The number of anilines is 1. The van der Waals surface area contributed by atoms with Gasteiger partial charge in [-0.2, -0.15) is 0 Å². The molecule has 1 aromatic rings. The van der Waals surface area contributed by atoms with E-state index in [9.17, 15) is 9.59 Å². The molecule has 0 unspecified atom stereocenters. The molecule has 1 aromatic carbocycles. The topological polar surface area (TPSA) is 55.8 Å². The minimum absolute atomic E-state index is 0.374. The zero-order valence-electron chi connectivity index (χ0n) is 10.4. The Morgan fingerprint density at radius 2 is 2.06 bits per heavy atom. The van der Waals surface area contributed by atoms with Crippen molar-refractivity contribution >= 4 is 17.4 Å². The van der Waals surface area contributed by atoms with Crippen LogP contribution >= 0.6 is 0 Å². The molecule has 0 fully saturated rings. The Bertz CT molecular complexity index is 484. The summed E-state index contributed by atoms with van der Waals surface area (Å²) in [5.41, 5.74) is 1.03. The van der Waals surface area contributed by atoms with Crippen LogP contribution in [0.1, 0.15) is 17.3 Å². The van der Waals surface area contributed by atoms with Crippen LogP contribution in [0, 0.1) is 0 Å². The van der Waals surface area contributed by atoms with Crippen LogP contribution < -0.4 is 9.64 Å². The molecule has 0 aliphatic carbocycles. The Morgan fingerprint density at radius 3 is 2.72 bits per heavy atom. The highest BCUT2D eigenvalue weighted by molar-refractivity contribution is 6.52. The number of fused-ring (bicyclic) bond motifs is 1. The van der Waals surface area contributed by atoms with Gasteiger partial charge in [-0.15, -0.1) is 0 Å². The van der Waals surface area contributed by atoms with E-state index >= 15 is 0 Å². The van der Waals surface area contributed by atoms with Crippen molar-refractivity contribution in [3.8, 4) is 5.75 Å². The van der Waals surface area contributed by atoms with Crippen molar-refractivity contribution in [3.05, 3.63) is 23.8 Å². The molecular formula is C13H15NO4. The van der Waals surface area contributed by atoms with Gasteiger partial charge >= 0.3 is 0 Å². The normalized spacial score (nSPS) is 14.0. The van der Waals surface area contributed by atoms with E-state index in [-0.39, 0.29) is 0 Å². The molecule has 0 aromatic heterocycles. The summed E-state index contributed by atoms with van der Waals surface area (Å²) in [6.45, 7) is 3.25. The fourth-order valence-corrected chi connectivity index (χ4v) is 1.92. The van der Waals surface area contributed by atoms with Gasteiger partial charge in [0.25, 0.3) is 11.7 Å². The lowest BCUT2D eigenvalue weighted by Crippen LogP contribution is -2.32. The number of Topliss-reactive ketones (excluding diaryl/α,β-unsaturated/α-hetero) is 1. The molecule has 96 valence electrons. The molecule has 5 heteroatoms. The molecule has 0 saturated carbocycles. The minimum Gasteiger partial charge on any atom is -0.497 e. The van der Waals surface area contributed by atoms with Gasteiger partial charge in [0.05, 0.1) is 25.0 Å². The lowest BCUT2D eigenvalue weighted by Gasteiger charge is -2.16. The molecule has 0 saturated heterocycles. The van der Waals surface area contributed by atoms with Gasteiger partial charge in [0.1, 0.15) is 5.75 Å². The highest BCUT2D eigenvalue weighted by atomic mass is 16.5. The second kappa shape index (κ2) is 5.18. The van der Waals surface area contributed by atoms with E-state index in [1.165, 1.54) is 4.90 Å². The first-order valence-electron chi connectivity index (χ1n) is 5.81. The molecule has 0 atom stereocenters. The van der Waals surface area contributed by atoms with Gasteiger partial charge in [0.2, 0.25) is 0 Å². The van der Waals surface area contributed by atoms with Crippen molar-refractivity contribution in [3.63, 3.8) is 0 Å². The van der Waals surface area contributed by atoms with Crippen molar-refractivity contribution in [2.45, 2.75) is 6.92 Å². The number of methoxy groups -OCH3 is 1. The van der Waals surface area contributed by atoms with Gasteiger partial charge in [-0.25, -0.2) is 0 Å². The van der Waals surface area contributed by atoms with E-state index in [4.69, 9.17) is 9.47 Å². The van der Waals surface area contributed by atoms with Crippen LogP contribution in [0.3, 0.4) is 0 Å². The van der Waals surface area contributed by atoms with Crippen LogP contribution in [0.15, 0.2) is 18.2 Å². The third kappa shape index (κ3) is 2.09. The van der Waals surface area contributed by atoms with Crippen LogP contribution in [0.25, 0.3) is 0 Å². The summed E-state index contributed by atoms with van der Waals surface area (Å²) in [6.07, 6.45) is 0. The fraction of sp³-hybridized carbons (Fsp3) is 0.385. The maximum atomic E-state index is 11.8. The fourth-order valence-electron chi connectivity index (χ4n) is 1.92. The van der Waals surface area contributed by atoms with E-state index in [0.29, 0.717) is 36.8 Å². The zero-order valence-corrected chi connectivity index (χ0v) is 10.4. The largest absolute Gasteiger partial charge is 0.497 e. The van der Waals surface area contributed by atoms with Gasteiger partial charge in [-0.1, -0.05) is 0 Å². The number of nitrogens with zero attached hydrogens (tertiary/aromatic N) is 1. The zero-order chi connectivity index (χ0) is 13.1. The molecule has 1 heterocycles. The maximum absolute atomic E-state index is 11.8. The number of carbonyl (C=O) groups excluding carboxylic acids is 2. The number of rotatable bonds is 5. The van der Waals surface area contributed by atoms with E-state index in [1.54, 1.807) is 25.3 Å². The number of amides is 1. The number of ether oxygens (including phenoxy) is 2. The third-order valence-corrected chi connectivity index (χ3v) is 2.84. The average molecular weight is 249 g/mol. The predicted octanol–water partition coefficient (Wildman–Crippen LogP) is 1.26. The molecule has 0 spiro atoms. The third-order valence-electron chi connectivity index (χ3n) is 2.84. The van der Waals surface area contributed by atoms with E-state index in [0.717, 1.165) is 0 Å². The lowest BCUT2D eigenvalue weighted by atomic mass is 10.1. The van der Waals surface area contributed by atoms with Crippen molar-refractivity contribution in [1.82, 2.24) is 0 Å². The number of hydrogen-bond acceptors (Lipinski definition) is 4. The van der Waals surface area contributed by atoms with Gasteiger partial charge in [-0.05, 0) is 19.1 Å². The Hall–Kier alpha value is -1.88. The van der Waals surface area contributed by atoms with Crippen molar-refractivity contribution in [2.24, 2.45) is 0 Å². The smallest absolute Gasteiger partial charge is 0.299 e. The summed E-state index contributed by atoms with van der Waals surface area (Å²) in [4.78, 5) is 25.0. The minimum atomic E-state index is -0.502. The van der Waals surface area contributed by atoms with Crippen LogP contribution in [0.4, 0.5) is 5.69 Å². The summed E-state index contributed by atoms with van der Waals surface area (Å²) in [5.74, 6) is -0.347. The molecule has 1 amide bonds. The van der Waals surface area contributed by atoms with Gasteiger partial charge in [0.15, 0.2) is 0 Å². The Morgan fingerprint density at radius 1 is 1.28 bits per heavy atom. The molecule has 1 aliphatic rings. The Labute approximate surface area is 105 Å². The predicted molar refractivity (Wildman–Crippen MR) is 66.2 cm³/mol. The summed E-state index contributed by atoms with van der Waals surface area (Å²) in [6, 6.07) is 5.00. The highest BCUT2D eigenvalue weighted by Crippen LogP contribution is 2.32. The first-order valence-corrected chi connectivity index (χ1v) is 5.81. The van der Waals surface area contributed by atoms with Gasteiger partial charge < -0.3 is 14.4 Å². The van der Waals surface area contributed by atoms with E-state index in [2.05, 4.69) is 0 Å².